The molecule has 0 aliphatic carbocycles. The molecule has 7 heteroatoms. The van der Waals surface area contributed by atoms with Crippen LogP contribution in [0.2, 0.25) is 0 Å². The largest absolute Gasteiger partial charge is 0.373 e. The van der Waals surface area contributed by atoms with Gasteiger partial charge in [0.25, 0.3) is 0 Å². The third kappa shape index (κ3) is 4.41. The van der Waals surface area contributed by atoms with E-state index in [9.17, 15) is 14.0 Å². The first-order valence-electron chi connectivity index (χ1n) is 8.92. The van der Waals surface area contributed by atoms with Gasteiger partial charge in [0.15, 0.2) is 0 Å². The Kier molecular flexibility index (Phi) is 5.99. The van der Waals surface area contributed by atoms with Crippen molar-refractivity contribution < 1.29 is 13.5 Å². The Morgan fingerprint density at radius 1 is 1.22 bits per heavy atom. The van der Waals surface area contributed by atoms with Gasteiger partial charge in [-0.05, 0) is 38.1 Å². The maximum absolute atomic E-state index is 14.5. The number of hydrogen-bond acceptors (Lipinski definition) is 5. The van der Waals surface area contributed by atoms with Crippen LogP contribution in [0.4, 0.5) is 14.6 Å². The molecule has 3 atom stereocenters. The van der Waals surface area contributed by atoms with Crippen LogP contribution >= 0.6 is 0 Å². The van der Waals surface area contributed by atoms with Crippen LogP contribution < -0.4 is 5.32 Å². The van der Waals surface area contributed by atoms with Crippen LogP contribution in [0.25, 0.3) is 0 Å². The fraction of sp³-hybridized carbons (Fsp3) is 0.400. The zero-order valence-electron chi connectivity index (χ0n) is 15.3. The lowest BCUT2D eigenvalue weighted by Gasteiger charge is -2.40. The van der Waals surface area contributed by atoms with Crippen molar-refractivity contribution in [2.75, 3.05) is 25.0 Å². The fourth-order valence-corrected chi connectivity index (χ4v) is 3.54. The minimum atomic E-state index is -0.588. The minimum absolute atomic E-state index is 0.0146. The van der Waals surface area contributed by atoms with Crippen LogP contribution in [0, 0.1) is 23.0 Å². The number of morpholine rings is 1. The summed E-state index contributed by atoms with van der Waals surface area (Å²) in [4.78, 5) is 6.19. The highest BCUT2D eigenvalue weighted by atomic mass is 19.1. The summed E-state index contributed by atoms with van der Waals surface area (Å²) in [6, 6.07) is 8.71. The number of aromatic nitrogens is 1. The molecule has 3 rings (SSSR count). The molecule has 142 valence electrons. The lowest BCUT2D eigenvalue weighted by molar-refractivity contribution is -0.0801. The van der Waals surface area contributed by atoms with Crippen molar-refractivity contribution in [3.63, 3.8) is 0 Å². The first-order chi connectivity index (χ1) is 13.0. The third-order valence-electron chi connectivity index (χ3n) is 4.61. The zero-order valence-corrected chi connectivity index (χ0v) is 15.3. The topological polar surface area (TPSA) is 61.2 Å². The molecular weight excluding hydrogens is 350 g/mol. The summed E-state index contributed by atoms with van der Waals surface area (Å²) in [5.74, 6) is -0.777. The van der Waals surface area contributed by atoms with Crippen LogP contribution in [0.1, 0.15) is 31.0 Å². The number of pyridine rings is 1. The molecule has 0 radical (unpaired) electrons. The predicted molar refractivity (Wildman–Crippen MR) is 98.1 cm³/mol. The number of ether oxygens (including phenoxy) is 1. The number of halogens is 2. The molecule has 1 aliphatic rings. The van der Waals surface area contributed by atoms with E-state index >= 15 is 0 Å². The van der Waals surface area contributed by atoms with Crippen molar-refractivity contribution in [1.82, 2.24) is 9.88 Å². The Morgan fingerprint density at radius 3 is 2.52 bits per heavy atom. The smallest absolute Gasteiger partial charge is 0.143 e. The van der Waals surface area contributed by atoms with Gasteiger partial charge in [-0.1, -0.05) is 6.07 Å². The normalized spacial score (nSPS) is 21.4. The lowest BCUT2D eigenvalue weighted by Crippen LogP contribution is -2.48. The van der Waals surface area contributed by atoms with Crippen LogP contribution in [-0.4, -0.2) is 41.7 Å². The van der Waals surface area contributed by atoms with Gasteiger partial charge in [0.2, 0.25) is 0 Å². The van der Waals surface area contributed by atoms with Crippen LogP contribution in [0.3, 0.4) is 0 Å². The average Bonchev–Trinajstić information content (AvgIpc) is 2.63. The van der Waals surface area contributed by atoms with Crippen LogP contribution in [0.15, 0.2) is 36.5 Å². The van der Waals surface area contributed by atoms with Gasteiger partial charge in [-0.3, -0.25) is 4.90 Å². The average molecular weight is 372 g/mol. The molecular formula is C20H22F2N4O. The van der Waals surface area contributed by atoms with Gasteiger partial charge in [-0.2, -0.15) is 5.26 Å². The number of hydrogen-bond donors (Lipinski definition) is 1. The Bertz CT molecular complexity index is 809. The van der Waals surface area contributed by atoms with Gasteiger partial charge in [-0.15, -0.1) is 0 Å². The maximum atomic E-state index is 14.5. The Balaban J connectivity index is 1.91. The van der Waals surface area contributed by atoms with E-state index < -0.39 is 17.7 Å². The van der Waals surface area contributed by atoms with Crippen molar-refractivity contribution >= 4 is 5.82 Å². The summed E-state index contributed by atoms with van der Waals surface area (Å²) in [5.41, 5.74) is 0.398. The van der Waals surface area contributed by atoms with Gasteiger partial charge in [-0.25, -0.2) is 13.8 Å². The van der Waals surface area contributed by atoms with E-state index in [1.165, 1.54) is 18.2 Å². The fourth-order valence-electron chi connectivity index (χ4n) is 3.54. The predicted octanol–water partition coefficient (Wildman–Crippen LogP) is 3.49. The number of nitriles is 1. The quantitative estimate of drug-likeness (QED) is 0.871. The van der Waals surface area contributed by atoms with Crippen LogP contribution in [0.5, 0.6) is 0 Å². The summed E-state index contributed by atoms with van der Waals surface area (Å²) >= 11 is 0. The van der Waals surface area contributed by atoms with Gasteiger partial charge in [0, 0.05) is 31.4 Å². The molecule has 1 N–H and O–H groups in total. The first-order valence-corrected chi connectivity index (χ1v) is 8.92. The molecule has 2 heterocycles. The monoisotopic (exact) mass is 372 g/mol. The first kappa shape index (κ1) is 19.2. The third-order valence-corrected chi connectivity index (χ3v) is 4.61. The van der Waals surface area contributed by atoms with E-state index in [2.05, 4.69) is 16.4 Å². The maximum Gasteiger partial charge on any atom is 0.143 e. The van der Waals surface area contributed by atoms with Gasteiger partial charge < -0.3 is 10.1 Å². The highest BCUT2D eigenvalue weighted by Crippen LogP contribution is 2.29. The zero-order chi connectivity index (χ0) is 19.4. The highest BCUT2D eigenvalue weighted by molar-refractivity contribution is 5.51. The van der Waals surface area contributed by atoms with Gasteiger partial charge in [0.1, 0.15) is 23.5 Å². The molecule has 5 nitrogen and oxygen atoms in total. The standard InChI is InChI=1S/C20H22F2N4O/c1-13-11-26(12-14(2)27-13)18(19-16(21)6-3-7-17(19)22)10-25-20-15(9-23)5-4-8-24-20/h3-8,13-14,18H,10-12H2,1-2H3,(H,24,25). The lowest BCUT2D eigenvalue weighted by atomic mass is 10.0. The summed E-state index contributed by atoms with van der Waals surface area (Å²) in [7, 11) is 0. The molecule has 0 spiro atoms. The molecule has 1 aromatic carbocycles. The second-order valence-corrected chi connectivity index (χ2v) is 6.75. The molecule has 0 amide bonds. The Hall–Kier alpha value is -2.56. The van der Waals surface area contributed by atoms with E-state index in [-0.39, 0.29) is 24.3 Å². The van der Waals surface area contributed by atoms with Gasteiger partial charge >= 0.3 is 0 Å². The highest BCUT2D eigenvalue weighted by Gasteiger charge is 2.32. The second kappa shape index (κ2) is 8.42. The van der Waals surface area contributed by atoms with E-state index in [1.807, 2.05) is 18.7 Å². The number of benzene rings is 1. The van der Waals surface area contributed by atoms with Gasteiger partial charge in [0.05, 0.1) is 23.8 Å². The van der Waals surface area contributed by atoms with Crippen molar-refractivity contribution in [3.05, 3.63) is 59.3 Å². The van der Waals surface area contributed by atoms with Crippen molar-refractivity contribution in [1.29, 1.82) is 5.26 Å². The number of nitrogens with one attached hydrogen (secondary N) is 1. The van der Waals surface area contributed by atoms with E-state index in [0.717, 1.165) is 0 Å². The van der Waals surface area contributed by atoms with E-state index in [1.54, 1.807) is 18.3 Å². The molecule has 1 fully saturated rings. The SMILES string of the molecule is CC1CN(C(CNc2ncccc2C#N)c2c(F)cccc2F)CC(C)O1. The molecule has 1 aromatic heterocycles. The molecule has 0 saturated carbocycles. The van der Waals surface area contributed by atoms with E-state index in [0.29, 0.717) is 24.5 Å². The van der Waals surface area contributed by atoms with E-state index in [4.69, 9.17) is 4.74 Å². The Labute approximate surface area is 157 Å². The Morgan fingerprint density at radius 2 is 1.89 bits per heavy atom. The summed E-state index contributed by atoms with van der Waals surface area (Å²) in [6.45, 7) is 5.20. The minimum Gasteiger partial charge on any atom is -0.373 e. The molecule has 0 bridgehead atoms. The molecule has 2 aromatic rings. The van der Waals surface area contributed by atoms with Crippen molar-refractivity contribution in [3.8, 4) is 6.07 Å². The van der Waals surface area contributed by atoms with Crippen molar-refractivity contribution in [2.24, 2.45) is 0 Å². The number of anilines is 1. The summed E-state index contributed by atoms with van der Waals surface area (Å²) in [6.07, 6.45) is 1.48. The molecule has 1 aliphatic heterocycles. The molecule has 1 saturated heterocycles. The summed E-state index contributed by atoms with van der Waals surface area (Å²) in [5, 5.41) is 12.3. The van der Waals surface area contributed by atoms with Crippen LogP contribution in [-0.2, 0) is 4.74 Å². The number of rotatable bonds is 5. The molecule has 3 unspecified atom stereocenters. The number of nitrogens with zero attached hydrogens (tertiary/aromatic N) is 3. The summed E-state index contributed by atoms with van der Waals surface area (Å²) < 4.78 is 34.8. The van der Waals surface area contributed by atoms with Crippen molar-refractivity contribution in [2.45, 2.75) is 32.1 Å². The second-order valence-electron chi connectivity index (χ2n) is 6.75. The molecule has 27 heavy (non-hydrogen) atoms.